The van der Waals surface area contributed by atoms with Crippen LogP contribution in [0.3, 0.4) is 0 Å². The Labute approximate surface area is 129 Å². The van der Waals surface area contributed by atoms with E-state index in [1.807, 2.05) is 31.5 Å². The summed E-state index contributed by atoms with van der Waals surface area (Å²) in [4.78, 5) is 17.4. The fraction of sp³-hybridized carbons (Fsp3) is 0.467. The normalized spacial score (nSPS) is 12.3. The molecule has 0 amide bonds. The van der Waals surface area contributed by atoms with Crippen LogP contribution in [0.2, 0.25) is 0 Å². The van der Waals surface area contributed by atoms with Crippen LogP contribution in [0.4, 0.5) is 0 Å². The van der Waals surface area contributed by atoms with Gasteiger partial charge in [-0.2, -0.15) is 0 Å². The van der Waals surface area contributed by atoms with Crippen LogP contribution in [0.5, 0.6) is 0 Å². The van der Waals surface area contributed by atoms with Crippen molar-refractivity contribution in [2.24, 2.45) is 0 Å². The number of hydrogen-bond donors (Lipinski definition) is 1. The lowest BCUT2D eigenvalue weighted by Crippen LogP contribution is -2.38. The number of thiophene rings is 1. The Morgan fingerprint density at radius 3 is 3.05 bits per heavy atom. The second-order valence-electron chi connectivity index (χ2n) is 4.57. The molecule has 0 saturated carbocycles. The predicted molar refractivity (Wildman–Crippen MR) is 84.3 cm³/mol. The number of hydrogen-bond acceptors (Lipinski definition) is 5. The van der Waals surface area contributed by atoms with Gasteiger partial charge >= 0.3 is 5.97 Å². The molecule has 0 aliphatic heterocycles. The maximum atomic E-state index is 11.9. The van der Waals surface area contributed by atoms with E-state index in [9.17, 15) is 4.79 Å². The topological polar surface area (TPSA) is 56.2 Å². The summed E-state index contributed by atoms with van der Waals surface area (Å²) in [5.41, 5.74) is 0. The maximum Gasteiger partial charge on any atom is 0.323 e. The van der Waals surface area contributed by atoms with Crippen LogP contribution >= 0.6 is 11.3 Å². The molecule has 0 spiro atoms. The number of aromatic nitrogens is 2. The van der Waals surface area contributed by atoms with Gasteiger partial charge in [-0.15, -0.1) is 11.3 Å². The minimum atomic E-state index is -0.270. The minimum Gasteiger partial charge on any atom is -0.465 e. The second kappa shape index (κ2) is 7.95. The second-order valence-corrected chi connectivity index (χ2v) is 5.52. The molecule has 5 nitrogen and oxygen atoms in total. The number of esters is 1. The third-order valence-corrected chi connectivity index (χ3v) is 4.00. The Morgan fingerprint density at radius 2 is 2.38 bits per heavy atom. The Balaban J connectivity index is 2.01. The molecule has 0 fully saturated rings. The number of likely N-dealkylation sites (N-methyl/N-ethyl adjacent to an activating group) is 1. The number of rotatable bonds is 8. The molecular weight excluding hydrogens is 286 g/mol. The van der Waals surface area contributed by atoms with Crippen molar-refractivity contribution in [2.45, 2.75) is 32.9 Å². The highest BCUT2D eigenvalue weighted by Crippen LogP contribution is 2.23. The summed E-state index contributed by atoms with van der Waals surface area (Å²) in [6.07, 6.45) is 4.42. The standard InChI is InChI=1S/C15H21N3O2S/c1-3-16-12(15(19)20-4-2)7-9-18-10-8-17-14(18)13-6-5-11-21-13/h5-6,8,10-12,16H,3-4,7,9H2,1-2H3. The molecule has 6 heteroatoms. The minimum absolute atomic E-state index is 0.183. The number of ether oxygens (including phenoxy) is 1. The van der Waals surface area contributed by atoms with Crippen molar-refractivity contribution in [2.75, 3.05) is 13.2 Å². The Kier molecular flexibility index (Phi) is 5.95. The lowest BCUT2D eigenvalue weighted by atomic mass is 10.2. The van der Waals surface area contributed by atoms with Crippen LogP contribution in [0.25, 0.3) is 10.7 Å². The van der Waals surface area contributed by atoms with Gasteiger partial charge in [0.05, 0.1) is 11.5 Å². The first-order valence-corrected chi connectivity index (χ1v) is 8.09. The summed E-state index contributed by atoms with van der Waals surface area (Å²) in [5.74, 6) is 0.765. The van der Waals surface area contributed by atoms with Gasteiger partial charge in [-0.05, 0) is 31.3 Å². The molecule has 2 rings (SSSR count). The molecule has 1 atom stereocenters. The van der Waals surface area contributed by atoms with Crippen molar-refractivity contribution in [1.29, 1.82) is 0 Å². The zero-order chi connectivity index (χ0) is 15.1. The van der Waals surface area contributed by atoms with Crippen molar-refractivity contribution in [3.63, 3.8) is 0 Å². The average Bonchev–Trinajstić information content (AvgIpc) is 3.13. The first kappa shape index (κ1) is 15.7. The molecule has 2 aromatic heterocycles. The van der Waals surface area contributed by atoms with Gasteiger partial charge in [0.25, 0.3) is 0 Å². The van der Waals surface area contributed by atoms with Gasteiger partial charge < -0.3 is 14.6 Å². The van der Waals surface area contributed by atoms with Gasteiger partial charge in [-0.3, -0.25) is 4.79 Å². The molecule has 1 unspecified atom stereocenters. The number of carbonyl (C=O) groups excluding carboxylic acids is 1. The maximum absolute atomic E-state index is 11.9. The quantitative estimate of drug-likeness (QED) is 0.762. The van der Waals surface area contributed by atoms with E-state index in [1.165, 1.54) is 0 Å². The highest BCUT2D eigenvalue weighted by molar-refractivity contribution is 7.13. The zero-order valence-electron chi connectivity index (χ0n) is 12.4. The molecule has 1 N–H and O–H groups in total. The highest BCUT2D eigenvalue weighted by Gasteiger charge is 2.19. The number of aryl methyl sites for hydroxylation is 1. The molecule has 0 aliphatic rings. The van der Waals surface area contributed by atoms with Gasteiger partial charge in [0.2, 0.25) is 0 Å². The van der Waals surface area contributed by atoms with Gasteiger partial charge in [0.15, 0.2) is 0 Å². The first-order valence-electron chi connectivity index (χ1n) is 7.21. The Hall–Kier alpha value is -1.66. The molecule has 114 valence electrons. The Bertz CT molecular complexity index is 551. The van der Waals surface area contributed by atoms with Crippen LogP contribution < -0.4 is 5.32 Å². The van der Waals surface area contributed by atoms with E-state index < -0.39 is 0 Å². The lowest BCUT2D eigenvalue weighted by molar-refractivity contribution is -0.145. The van der Waals surface area contributed by atoms with Crippen molar-refractivity contribution < 1.29 is 9.53 Å². The van der Waals surface area contributed by atoms with E-state index in [4.69, 9.17) is 4.74 Å². The molecule has 0 radical (unpaired) electrons. The molecule has 0 aromatic carbocycles. The zero-order valence-corrected chi connectivity index (χ0v) is 13.2. The molecule has 0 bridgehead atoms. The van der Waals surface area contributed by atoms with E-state index in [2.05, 4.69) is 20.9 Å². The molecule has 0 aliphatic carbocycles. The number of nitrogens with zero attached hydrogens (tertiary/aromatic N) is 2. The van der Waals surface area contributed by atoms with Gasteiger partial charge in [-0.25, -0.2) is 4.98 Å². The fourth-order valence-corrected chi connectivity index (χ4v) is 2.92. The molecule has 2 aromatic rings. The van der Waals surface area contributed by atoms with Crippen molar-refractivity contribution in [1.82, 2.24) is 14.9 Å². The summed E-state index contributed by atoms with van der Waals surface area (Å²) in [5, 5.41) is 5.21. The fourth-order valence-electron chi connectivity index (χ4n) is 2.18. The first-order chi connectivity index (χ1) is 10.3. The summed E-state index contributed by atoms with van der Waals surface area (Å²) in [6, 6.07) is 3.80. The summed E-state index contributed by atoms with van der Waals surface area (Å²) in [6.45, 7) is 5.69. The van der Waals surface area contributed by atoms with Crippen molar-refractivity contribution in [3.8, 4) is 10.7 Å². The van der Waals surface area contributed by atoms with Crippen LogP contribution in [0, 0.1) is 0 Å². The van der Waals surface area contributed by atoms with E-state index >= 15 is 0 Å². The molecular formula is C15H21N3O2S. The third kappa shape index (κ3) is 4.15. The number of carbonyl (C=O) groups is 1. The summed E-state index contributed by atoms with van der Waals surface area (Å²) < 4.78 is 7.18. The molecule has 21 heavy (non-hydrogen) atoms. The number of imidazole rings is 1. The van der Waals surface area contributed by atoms with Gasteiger partial charge in [0.1, 0.15) is 11.9 Å². The number of nitrogens with one attached hydrogen (secondary N) is 1. The molecule has 2 heterocycles. The van der Waals surface area contributed by atoms with Crippen molar-refractivity contribution >= 4 is 17.3 Å². The van der Waals surface area contributed by atoms with Crippen LogP contribution in [-0.2, 0) is 16.1 Å². The van der Waals surface area contributed by atoms with Crippen LogP contribution in [0.15, 0.2) is 29.9 Å². The third-order valence-electron chi connectivity index (χ3n) is 3.14. The largest absolute Gasteiger partial charge is 0.465 e. The van der Waals surface area contributed by atoms with E-state index in [-0.39, 0.29) is 12.0 Å². The van der Waals surface area contributed by atoms with Crippen LogP contribution in [0.1, 0.15) is 20.3 Å². The summed E-state index contributed by atoms with van der Waals surface area (Å²) >= 11 is 1.66. The van der Waals surface area contributed by atoms with E-state index in [0.29, 0.717) is 13.0 Å². The smallest absolute Gasteiger partial charge is 0.323 e. The summed E-state index contributed by atoms with van der Waals surface area (Å²) in [7, 11) is 0. The van der Waals surface area contributed by atoms with Gasteiger partial charge in [-0.1, -0.05) is 13.0 Å². The van der Waals surface area contributed by atoms with E-state index in [0.717, 1.165) is 23.8 Å². The lowest BCUT2D eigenvalue weighted by Gasteiger charge is -2.17. The van der Waals surface area contributed by atoms with Gasteiger partial charge in [0, 0.05) is 18.9 Å². The average molecular weight is 307 g/mol. The van der Waals surface area contributed by atoms with E-state index in [1.54, 1.807) is 17.5 Å². The monoisotopic (exact) mass is 307 g/mol. The highest BCUT2D eigenvalue weighted by atomic mass is 32.1. The van der Waals surface area contributed by atoms with Crippen LogP contribution in [-0.4, -0.2) is 34.7 Å². The SMILES string of the molecule is CCNC(CCn1ccnc1-c1cccs1)C(=O)OCC. The Morgan fingerprint density at radius 1 is 1.52 bits per heavy atom. The van der Waals surface area contributed by atoms with Crippen molar-refractivity contribution in [3.05, 3.63) is 29.9 Å². The molecule has 0 saturated heterocycles. The predicted octanol–water partition coefficient (Wildman–Crippen LogP) is 2.54.